The van der Waals surface area contributed by atoms with E-state index >= 15 is 0 Å². The van der Waals surface area contributed by atoms with Crippen molar-refractivity contribution < 1.29 is 14.2 Å². The standard InChI is InChI=1S/C14H22NO3P/c1-16-10-7-11(17-2)14(12(8-10)18-3)13-5-6-15-9-19(13)4/h7-8,13,15H,5-6,9H2,1-4H3. The lowest BCUT2D eigenvalue weighted by molar-refractivity contribution is 0.367. The van der Waals surface area contributed by atoms with Crippen molar-refractivity contribution in [3.8, 4) is 17.2 Å². The Morgan fingerprint density at radius 3 is 2.21 bits per heavy atom. The van der Waals surface area contributed by atoms with Crippen LogP contribution < -0.4 is 19.5 Å². The van der Waals surface area contributed by atoms with Crippen molar-refractivity contribution in [3.63, 3.8) is 0 Å². The van der Waals surface area contributed by atoms with Crippen molar-refractivity contribution in [2.75, 3.05) is 40.8 Å². The number of hydrogen-bond donors (Lipinski definition) is 1. The first-order valence-corrected chi connectivity index (χ1v) is 8.46. The zero-order valence-electron chi connectivity index (χ0n) is 12.0. The van der Waals surface area contributed by atoms with Gasteiger partial charge in [0.25, 0.3) is 0 Å². The predicted molar refractivity (Wildman–Crippen MR) is 79.2 cm³/mol. The fourth-order valence-electron chi connectivity index (χ4n) is 2.55. The Labute approximate surface area is 116 Å². The van der Waals surface area contributed by atoms with E-state index in [1.165, 1.54) is 5.56 Å². The number of nitrogens with one attached hydrogen (secondary N) is 1. The van der Waals surface area contributed by atoms with Gasteiger partial charge in [0.15, 0.2) is 0 Å². The van der Waals surface area contributed by atoms with Crippen LogP contribution in [0, 0.1) is 0 Å². The monoisotopic (exact) mass is 283 g/mol. The molecule has 0 spiro atoms. The van der Waals surface area contributed by atoms with Crippen LogP contribution in [0.4, 0.5) is 0 Å². The van der Waals surface area contributed by atoms with Gasteiger partial charge in [-0.2, -0.15) is 0 Å². The number of benzene rings is 1. The number of hydrogen-bond acceptors (Lipinski definition) is 4. The maximum absolute atomic E-state index is 5.56. The van der Waals surface area contributed by atoms with Crippen molar-refractivity contribution >= 4 is 7.92 Å². The van der Waals surface area contributed by atoms with E-state index in [-0.39, 0.29) is 7.92 Å². The topological polar surface area (TPSA) is 39.7 Å². The van der Waals surface area contributed by atoms with Crippen LogP contribution in [0.1, 0.15) is 17.6 Å². The Kier molecular flexibility index (Phi) is 4.89. The molecule has 2 rings (SSSR count). The zero-order valence-corrected chi connectivity index (χ0v) is 12.9. The fraction of sp³-hybridized carbons (Fsp3) is 0.571. The summed E-state index contributed by atoms with van der Waals surface area (Å²) in [4.78, 5) is 0. The SMILES string of the molecule is COc1cc(OC)c(C2CCNCP2C)c(OC)c1. The molecule has 5 heteroatoms. The summed E-state index contributed by atoms with van der Waals surface area (Å²) in [7, 11) is 4.97. The molecule has 1 aliphatic rings. The molecule has 0 bridgehead atoms. The summed E-state index contributed by atoms with van der Waals surface area (Å²) in [6.45, 7) is 3.38. The molecule has 1 N–H and O–H groups in total. The van der Waals surface area contributed by atoms with Crippen LogP contribution in [0.5, 0.6) is 17.2 Å². The van der Waals surface area contributed by atoms with Crippen molar-refractivity contribution in [1.29, 1.82) is 0 Å². The highest BCUT2D eigenvalue weighted by molar-refractivity contribution is 7.57. The summed E-state index contributed by atoms with van der Waals surface area (Å²) in [5.41, 5.74) is 1.72. The van der Waals surface area contributed by atoms with Crippen LogP contribution >= 0.6 is 7.92 Å². The number of rotatable bonds is 4. The maximum atomic E-state index is 5.56. The van der Waals surface area contributed by atoms with Crippen LogP contribution in [0.15, 0.2) is 12.1 Å². The molecule has 1 aliphatic heterocycles. The Hall–Kier alpha value is -0.990. The summed E-state index contributed by atoms with van der Waals surface area (Å²) in [6, 6.07) is 3.89. The van der Waals surface area contributed by atoms with Gasteiger partial charge in [-0.3, -0.25) is 0 Å². The molecule has 1 aromatic rings. The van der Waals surface area contributed by atoms with Crippen LogP contribution in [0.2, 0.25) is 0 Å². The third kappa shape index (κ3) is 2.96. The highest BCUT2D eigenvalue weighted by Gasteiger charge is 2.28. The van der Waals surface area contributed by atoms with Gasteiger partial charge in [-0.25, -0.2) is 0 Å². The molecule has 4 nitrogen and oxygen atoms in total. The minimum atomic E-state index is -0.101. The molecular formula is C14H22NO3P. The Morgan fingerprint density at radius 2 is 1.74 bits per heavy atom. The van der Waals surface area contributed by atoms with E-state index in [9.17, 15) is 0 Å². The van der Waals surface area contributed by atoms with E-state index in [0.29, 0.717) is 5.66 Å². The van der Waals surface area contributed by atoms with E-state index in [4.69, 9.17) is 14.2 Å². The van der Waals surface area contributed by atoms with Crippen molar-refractivity contribution in [3.05, 3.63) is 17.7 Å². The zero-order chi connectivity index (χ0) is 13.8. The minimum absolute atomic E-state index is 0.101. The molecule has 106 valence electrons. The molecule has 0 saturated carbocycles. The van der Waals surface area contributed by atoms with Gasteiger partial charge < -0.3 is 19.5 Å². The lowest BCUT2D eigenvalue weighted by atomic mass is 10.1. The molecular weight excluding hydrogens is 261 g/mol. The molecule has 2 atom stereocenters. The van der Waals surface area contributed by atoms with Gasteiger partial charge in [-0.1, -0.05) is 7.92 Å². The lowest BCUT2D eigenvalue weighted by Crippen LogP contribution is -2.25. The van der Waals surface area contributed by atoms with Gasteiger partial charge in [0, 0.05) is 29.6 Å². The van der Waals surface area contributed by atoms with Crippen molar-refractivity contribution in [1.82, 2.24) is 5.32 Å². The van der Waals surface area contributed by atoms with Gasteiger partial charge >= 0.3 is 0 Å². The highest BCUT2D eigenvalue weighted by Crippen LogP contribution is 2.56. The molecule has 0 radical (unpaired) electrons. The molecule has 0 aromatic heterocycles. The summed E-state index contributed by atoms with van der Waals surface area (Å²) in [5.74, 6) is 2.52. The van der Waals surface area contributed by atoms with Crippen LogP contribution in [-0.2, 0) is 0 Å². The summed E-state index contributed by atoms with van der Waals surface area (Å²) in [5, 5.41) is 3.45. The summed E-state index contributed by atoms with van der Waals surface area (Å²) < 4.78 is 16.4. The van der Waals surface area contributed by atoms with Crippen LogP contribution in [-0.4, -0.2) is 40.8 Å². The Morgan fingerprint density at radius 1 is 1.11 bits per heavy atom. The van der Waals surface area contributed by atoms with E-state index < -0.39 is 0 Å². The molecule has 1 fully saturated rings. The maximum Gasteiger partial charge on any atom is 0.130 e. The first-order valence-electron chi connectivity index (χ1n) is 6.42. The van der Waals surface area contributed by atoms with E-state index in [0.717, 1.165) is 36.5 Å². The smallest absolute Gasteiger partial charge is 0.130 e. The average Bonchev–Trinajstić information content (AvgIpc) is 2.46. The lowest BCUT2D eigenvalue weighted by Gasteiger charge is -2.32. The predicted octanol–water partition coefficient (Wildman–Crippen LogP) is 2.82. The van der Waals surface area contributed by atoms with Gasteiger partial charge in [0.2, 0.25) is 0 Å². The second kappa shape index (κ2) is 6.44. The fourth-order valence-corrected chi connectivity index (χ4v) is 4.55. The third-order valence-corrected chi connectivity index (χ3v) is 5.88. The molecule has 19 heavy (non-hydrogen) atoms. The van der Waals surface area contributed by atoms with Gasteiger partial charge in [0.05, 0.1) is 21.3 Å². The van der Waals surface area contributed by atoms with E-state index in [1.54, 1.807) is 21.3 Å². The number of ether oxygens (including phenoxy) is 3. The van der Waals surface area contributed by atoms with Crippen molar-refractivity contribution in [2.24, 2.45) is 0 Å². The minimum Gasteiger partial charge on any atom is -0.496 e. The highest BCUT2D eigenvalue weighted by atomic mass is 31.1. The van der Waals surface area contributed by atoms with E-state index in [2.05, 4.69) is 12.0 Å². The Balaban J connectivity index is 2.46. The largest absolute Gasteiger partial charge is 0.496 e. The molecule has 2 unspecified atom stereocenters. The third-order valence-electron chi connectivity index (χ3n) is 3.57. The first kappa shape index (κ1) is 14.4. The van der Waals surface area contributed by atoms with E-state index in [1.807, 2.05) is 12.1 Å². The Bertz CT molecular complexity index is 414. The summed E-state index contributed by atoms with van der Waals surface area (Å²) in [6.07, 6.45) is 2.22. The van der Waals surface area contributed by atoms with Gasteiger partial charge in [0.1, 0.15) is 17.2 Å². The number of methoxy groups -OCH3 is 3. The molecule has 1 saturated heterocycles. The molecule has 0 aliphatic carbocycles. The second-order valence-corrected chi connectivity index (χ2v) is 7.12. The molecule has 0 amide bonds. The second-order valence-electron chi connectivity index (χ2n) is 4.67. The molecule has 1 heterocycles. The van der Waals surface area contributed by atoms with Crippen molar-refractivity contribution in [2.45, 2.75) is 12.1 Å². The van der Waals surface area contributed by atoms with Crippen LogP contribution in [0.25, 0.3) is 0 Å². The van der Waals surface area contributed by atoms with Gasteiger partial charge in [-0.15, -0.1) is 0 Å². The average molecular weight is 283 g/mol. The normalized spacial score (nSPS) is 22.9. The summed E-state index contributed by atoms with van der Waals surface area (Å²) >= 11 is 0. The molecule has 1 aromatic carbocycles. The first-order chi connectivity index (χ1) is 9.21. The quantitative estimate of drug-likeness (QED) is 0.863. The van der Waals surface area contributed by atoms with Crippen LogP contribution in [0.3, 0.4) is 0 Å². The van der Waals surface area contributed by atoms with Gasteiger partial charge in [-0.05, 0) is 19.6 Å².